The lowest BCUT2D eigenvalue weighted by Gasteiger charge is -2.20. The predicted molar refractivity (Wildman–Crippen MR) is 43.6 cm³/mol. The van der Waals surface area contributed by atoms with Crippen LogP contribution in [-0.4, -0.2) is 29.7 Å². The monoisotopic (exact) mass is 172 g/mol. The number of rotatable bonds is 1. The molecule has 12 heavy (non-hydrogen) atoms. The molecule has 2 fully saturated rings. The van der Waals surface area contributed by atoms with E-state index in [9.17, 15) is 0 Å². The molecule has 3 nitrogen and oxygen atoms in total. The molecule has 2 rings (SSSR count). The summed E-state index contributed by atoms with van der Waals surface area (Å²) in [5, 5.41) is 9.05. The molecule has 1 aliphatic heterocycles. The van der Waals surface area contributed by atoms with Gasteiger partial charge in [-0.1, -0.05) is 0 Å². The van der Waals surface area contributed by atoms with Gasteiger partial charge in [0.2, 0.25) is 0 Å². The Kier molecular flexibility index (Phi) is 1.90. The lowest BCUT2D eigenvalue weighted by atomic mass is 10.1. The maximum Gasteiger partial charge on any atom is 0.163 e. The largest absolute Gasteiger partial charge is 0.396 e. The molecule has 0 unspecified atom stereocenters. The van der Waals surface area contributed by atoms with Gasteiger partial charge in [-0.25, -0.2) is 0 Å². The van der Waals surface area contributed by atoms with Gasteiger partial charge in [0.1, 0.15) is 0 Å². The highest BCUT2D eigenvalue weighted by Crippen LogP contribution is 2.40. The minimum Gasteiger partial charge on any atom is -0.396 e. The first kappa shape index (κ1) is 8.48. The first-order valence-corrected chi connectivity index (χ1v) is 4.59. The summed E-state index contributed by atoms with van der Waals surface area (Å²) < 4.78 is 11.4. The number of fused-ring (bicyclic) bond motifs is 1. The van der Waals surface area contributed by atoms with Crippen molar-refractivity contribution in [3.8, 4) is 0 Å². The van der Waals surface area contributed by atoms with Gasteiger partial charge in [0, 0.05) is 12.5 Å². The summed E-state index contributed by atoms with van der Waals surface area (Å²) in [6.07, 6.45) is 2.41. The summed E-state index contributed by atoms with van der Waals surface area (Å²) in [5.74, 6) is -0.153. The average molecular weight is 172 g/mol. The Hall–Kier alpha value is -0.120. The van der Waals surface area contributed by atoms with Gasteiger partial charge in [-0.2, -0.15) is 0 Å². The average Bonchev–Trinajstić information content (AvgIpc) is 2.42. The molecule has 1 saturated heterocycles. The highest BCUT2D eigenvalue weighted by Gasteiger charge is 2.48. The summed E-state index contributed by atoms with van der Waals surface area (Å²) in [5.41, 5.74) is 0. The predicted octanol–water partition coefficient (Wildman–Crippen LogP) is 0.909. The Bertz CT molecular complexity index is 179. The van der Waals surface area contributed by atoms with E-state index in [1.165, 1.54) is 0 Å². The zero-order chi connectivity index (χ0) is 8.77. The molecule has 3 atom stereocenters. The zero-order valence-electron chi connectivity index (χ0n) is 7.62. The van der Waals surface area contributed by atoms with E-state index in [-0.39, 0.29) is 24.7 Å². The summed E-state index contributed by atoms with van der Waals surface area (Å²) in [6, 6.07) is 0. The van der Waals surface area contributed by atoms with Crippen LogP contribution in [0.15, 0.2) is 0 Å². The number of aliphatic hydroxyl groups excluding tert-OH is 1. The highest BCUT2D eigenvalue weighted by atomic mass is 16.8. The first-order valence-electron chi connectivity index (χ1n) is 4.59. The fourth-order valence-corrected chi connectivity index (χ4v) is 2.22. The van der Waals surface area contributed by atoms with Crippen LogP contribution in [0.1, 0.15) is 26.7 Å². The van der Waals surface area contributed by atoms with E-state index >= 15 is 0 Å². The fraction of sp³-hybridized carbons (Fsp3) is 1.00. The summed E-state index contributed by atoms with van der Waals surface area (Å²) in [6.45, 7) is 4.08. The van der Waals surface area contributed by atoms with Gasteiger partial charge in [0.05, 0.1) is 12.2 Å². The van der Waals surface area contributed by atoms with Crippen LogP contribution < -0.4 is 0 Å². The molecule has 3 heteroatoms. The van der Waals surface area contributed by atoms with Gasteiger partial charge in [-0.3, -0.25) is 0 Å². The molecule has 0 aromatic heterocycles. The lowest BCUT2D eigenvalue weighted by molar-refractivity contribution is -0.157. The van der Waals surface area contributed by atoms with Crippen LogP contribution in [0.3, 0.4) is 0 Å². The highest BCUT2D eigenvalue weighted by molar-refractivity contribution is 4.92. The smallest absolute Gasteiger partial charge is 0.163 e. The number of ether oxygens (including phenoxy) is 2. The molecule has 1 heterocycles. The fourth-order valence-electron chi connectivity index (χ4n) is 2.22. The van der Waals surface area contributed by atoms with Crippen molar-refractivity contribution >= 4 is 0 Å². The zero-order valence-corrected chi connectivity index (χ0v) is 7.62. The second-order valence-electron chi connectivity index (χ2n) is 4.16. The van der Waals surface area contributed by atoms with Crippen molar-refractivity contribution in [1.29, 1.82) is 0 Å². The SMILES string of the molecule is CC1(C)O[C@@H]2[C@H](CO)CC[C@@H]2O1. The Morgan fingerprint density at radius 3 is 2.75 bits per heavy atom. The van der Waals surface area contributed by atoms with Crippen LogP contribution >= 0.6 is 0 Å². The summed E-state index contributed by atoms with van der Waals surface area (Å²) >= 11 is 0. The number of aliphatic hydroxyl groups is 1. The van der Waals surface area contributed by atoms with E-state index in [2.05, 4.69) is 0 Å². The minimum atomic E-state index is -0.441. The van der Waals surface area contributed by atoms with Crippen LogP contribution in [0.25, 0.3) is 0 Å². The Labute approximate surface area is 72.7 Å². The van der Waals surface area contributed by atoms with Gasteiger partial charge < -0.3 is 14.6 Å². The molecule has 0 aromatic carbocycles. The molecular formula is C9H16O3. The molecule has 0 bridgehead atoms. The van der Waals surface area contributed by atoms with Crippen LogP contribution in [0.4, 0.5) is 0 Å². The van der Waals surface area contributed by atoms with Crippen LogP contribution in [-0.2, 0) is 9.47 Å². The molecule has 0 radical (unpaired) electrons. The first-order chi connectivity index (χ1) is 5.62. The van der Waals surface area contributed by atoms with Crippen molar-refractivity contribution in [1.82, 2.24) is 0 Å². The quantitative estimate of drug-likeness (QED) is 0.639. The van der Waals surface area contributed by atoms with E-state index in [1.807, 2.05) is 13.8 Å². The Balaban J connectivity index is 2.06. The third-order valence-corrected chi connectivity index (χ3v) is 2.74. The van der Waals surface area contributed by atoms with E-state index in [0.29, 0.717) is 0 Å². The van der Waals surface area contributed by atoms with E-state index < -0.39 is 5.79 Å². The van der Waals surface area contributed by atoms with E-state index in [4.69, 9.17) is 14.6 Å². The van der Waals surface area contributed by atoms with Crippen molar-refractivity contribution in [2.45, 2.75) is 44.7 Å². The Morgan fingerprint density at radius 1 is 1.33 bits per heavy atom. The third-order valence-electron chi connectivity index (χ3n) is 2.74. The second-order valence-corrected chi connectivity index (χ2v) is 4.16. The molecule has 2 aliphatic rings. The van der Waals surface area contributed by atoms with Crippen molar-refractivity contribution in [2.24, 2.45) is 5.92 Å². The third kappa shape index (κ3) is 1.26. The van der Waals surface area contributed by atoms with Gasteiger partial charge in [0.15, 0.2) is 5.79 Å². The molecule has 1 N–H and O–H groups in total. The molecule has 70 valence electrons. The van der Waals surface area contributed by atoms with Crippen LogP contribution in [0.2, 0.25) is 0 Å². The van der Waals surface area contributed by atoms with E-state index in [1.54, 1.807) is 0 Å². The van der Waals surface area contributed by atoms with Gasteiger partial charge in [-0.05, 0) is 26.7 Å². The minimum absolute atomic E-state index is 0.130. The number of hydrogen-bond acceptors (Lipinski definition) is 3. The van der Waals surface area contributed by atoms with Crippen molar-refractivity contribution in [2.75, 3.05) is 6.61 Å². The van der Waals surface area contributed by atoms with Crippen molar-refractivity contribution < 1.29 is 14.6 Å². The summed E-state index contributed by atoms with van der Waals surface area (Å²) in [7, 11) is 0. The maximum atomic E-state index is 9.05. The topological polar surface area (TPSA) is 38.7 Å². The normalized spacial score (nSPS) is 44.8. The molecule has 0 aromatic rings. The van der Waals surface area contributed by atoms with Gasteiger partial charge in [-0.15, -0.1) is 0 Å². The number of hydrogen-bond donors (Lipinski definition) is 1. The molecule has 0 amide bonds. The Morgan fingerprint density at radius 2 is 2.08 bits per heavy atom. The van der Waals surface area contributed by atoms with Crippen molar-refractivity contribution in [3.05, 3.63) is 0 Å². The van der Waals surface area contributed by atoms with Gasteiger partial charge in [0.25, 0.3) is 0 Å². The summed E-state index contributed by atoms with van der Waals surface area (Å²) in [4.78, 5) is 0. The molecule has 1 aliphatic carbocycles. The second kappa shape index (κ2) is 2.69. The lowest BCUT2D eigenvalue weighted by Crippen LogP contribution is -2.26. The molecular weight excluding hydrogens is 156 g/mol. The maximum absolute atomic E-state index is 9.05. The van der Waals surface area contributed by atoms with Gasteiger partial charge >= 0.3 is 0 Å². The standard InChI is InChI=1S/C9H16O3/c1-9(2)11-7-4-3-6(5-10)8(7)12-9/h6-8,10H,3-5H2,1-2H3/t6-,7-,8+/m0/s1. The van der Waals surface area contributed by atoms with E-state index in [0.717, 1.165) is 12.8 Å². The molecule has 0 spiro atoms. The van der Waals surface area contributed by atoms with Crippen LogP contribution in [0.5, 0.6) is 0 Å². The van der Waals surface area contributed by atoms with Crippen LogP contribution in [0, 0.1) is 5.92 Å². The molecule has 1 saturated carbocycles. The van der Waals surface area contributed by atoms with Crippen molar-refractivity contribution in [3.63, 3.8) is 0 Å².